The minimum atomic E-state index is -0.394. The van der Waals surface area contributed by atoms with E-state index in [1.807, 2.05) is 13.0 Å². The van der Waals surface area contributed by atoms with Crippen LogP contribution in [0.1, 0.15) is 62.4 Å². The van der Waals surface area contributed by atoms with Crippen LogP contribution in [-0.4, -0.2) is 40.3 Å². The smallest absolute Gasteiger partial charge is 0.318 e. The van der Waals surface area contributed by atoms with E-state index in [1.165, 1.54) is 4.88 Å². The number of amides is 2. The molecule has 2 amide bonds. The first-order valence-corrected chi connectivity index (χ1v) is 10.4. The molecule has 0 bridgehead atoms. The molecule has 2 aromatic heterocycles. The number of hydrogen-bond donors (Lipinski definition) is 1. The normalized spacial score (nSPS) is 21.4. The number of hydrogen-bond acceptors (Lipinski definition) is 6. The van der Waals surface area contributed by atoms with Crippen LogP contribution in [0.4, 0.5) is 4.79 Å². The molecule has 7 nitrogen and oxygen atoms in total. The molecule has 0 saturated carbocycles. The Morgan fingerprint density at radius 1 is 1.37 bits per heavy atom. The molecule has 1 aliphatic rings. The average Bonchev–Trinajstić information content (AvgIpc) is 3.33. The molecule has 3 heterocycles. The van der Waals surface area contributed by atoms with E-state index in [0.717, 1.165) is 12.8 Å². The third-order valence-electron chi connectivity index (χ3n) is 5.01. The topological polar surface area (TPSA) is 80.5 Å². The first kappa shape index (κ1) is 19.8. The van der Waals surface area contributed by atoms with Gasteiger partial charge in [-0.25, -0.2) is 4.79 Å². The Morgan fingerprint density at radius 2 is 2.15 bits per heavy atom. The van der Waals surface area contributed by atoms with Crippen molar-refractivity contribution >= 4 is 17.4 Å². The molecular weight excluding hydrogens is 364 g/mol. The monoisotopic (exact) mass is 392 g/mol. The van der Waals surface area contributed by atoms with E-state index in [0.29, 0.717) is 30.8 Å². The van der Waals surface area contributed by atoms with Gasteiger partial charge in [-0.2, -0.15) is 0 Å². The lowest BCUT2D eigenvalue weighted by atomic mass is 9.93. The highest BCUT2D eigenvalue weighted by Gasteiger charge is 2.34. The lowest BCUT2D eigenvalue weighted by molar-refractivity contribution is -0.0771. The van der Waals surface area contributed by atoms with Crippen molar-refractivity contribution in [1.29, 1.82) is 0 Å². The fourth-order valence-electron chi connectivity index (χ4n) is 3.57. The van der Waals surface area contributed by atoms with Crippen LogP contribution >= 0.6 is 11.3 Å². The Bertz CT molecular complexity index is 729. The van der Waals surface area contributed by atoms with Crippen LogP contribution in [0.5, 0.6) is 0 Å². The maximum absolute atomic E-state index is 13.1. The number of urea groups is 1. The lowest BCUT2D eigenvalue weighted by Gasteiger charge is -2.37. The van der Waals surface area contributed by atoms with Gasteiger partial charge in [0.25, 0.3) is 0 Å². The summed E-state index contributed by atoms with van der Waals surface area (Å²) >= 11 is 1.69. The highest BCUT2D eigenvalue weighted by Crippen LogP contribution is 2.31. The van der Waals surface area contributed by atoms with Crippen molar-refractivity contribution in [2.24, 2.45) is 5.92 Å². The SMILES string of the molecule is CCC(CC)C(NC(=O)N1C[C@@H](C)O[C@@H](c2nnc(C)o2)C1)c1cccs1. The highest BCUT2D eigenvalue weighted by molar-refractivity contribution is 7.10. The standard InChI is InChI=1S/C19H28N4O3S/c1-5-14(6-2)17(16-8-7-9-27-16)20-19(24)23-10-12(3)25-15(11-23)18-22-21-13(4)26-18/h7-9,12,14-15,17H,5-6,10-11H2,1-4H3,(H,20,24)/t12-,15-,17?/m1/s1. The van der Waals surface area contributed by atoms with E-state index >= 15 is 0 Å². The van der Waals surface area contributed by atoms with Gasteiger partial charge >= 0.3 is 6.03 Å². The summed E-state index contributed by atoms with van der Waals surface area (Å²) in [6, 6.07) is 4.08. The summed E-state index contributed by atoms with van der Waals surface area (Å²) in [5.74, 6) is 1.32. The van der Waals surface area contributed by atoms with Gasteiger partial charge in [-0.3, -0.25) is 0 Å². The number of aryl methyl sites for hydroxylation is 1. The van der Waals surface area contributed by atoms with Crippen LogP contribution in [0, 0.1) is 12.8 Å². The quantitative estimate of drug-likeness (QED) is 0.801. The fourth-order valence-corrected chi connectivity index (χ4v) is 4.44. The second-order valence-electron chi connectivity index (χ2n) is 7.02. The summed E-state index contributed by atoms with van der Waals surface area (Å²) in [4.78, 5) is 16.1. The third-order valence-corrected chi connectivity index (χ3v) is 5.97. The van der Waals surface area contributed by atoms with E-state index in [-0.39, 0.29) is 18.2 Å². The molecule has 8 heteroatoms. The Balaban J connectivity index is 1.72. The van der Waals surface area contributed by atoms with Gasteiger partial charge in [0.15, 0.2) is 6.10 Å². The maximum atomic E-state index is 13.1. The molecular formula is C19H28N4O3S. The summed E-state index contributed by atoms with van der Waals surface area (Å²) < 4.78 is 11.4. The van der Waals surface area contributed by atoms with Crippen molar-refractivity contribution < 1.29 is 13.9 Å². The minimum Gasteiger partial charge on any atom is -0.423 e. The number of ether oxygens (including phenoxy) is 1. The lowest BCUT2D eigenvalue weighted by Crippen LogP contribution is -2.51. The third kappa shape index (κ3) is 4.68. The number of morpholine rings is 1. The number of nitrogens with zero attached hydrogens (tertiary/aromatic N) is 3. The molecule has 1 N–H and O–H groups in total. The molecule has 27 heavy (non-hydrogen) atoms. The van der Waals surface area contributed by atoms with Crippen LogP contribution in [0.2, 0.25) is 0 Å². The van der Waals surface area contributed by atoms with Crippen LogP contribution in [-0.2, 0) is 4.74 Å². The summed E-state index contributed by atoms with van der Waals surface area (Å²) in [5, 5.41) is 13.2. The molecule has 0 radical (unpaired) electrons. The van der Waals surface area contributed by atoms with E-state index in [9.17, 15) is 4.79 Å². The van der Waals surface area contributed by atoms with Gasteiger partial charge in [0.05, 0.1) is 18.7 Å². The van der Waals surface area contributed by atoms with Crippen molar-refractivity contribution in [3.63, 3.8) is 0 Å². The molecule has 2 aromatic rings. The Hall–Kier alpha value is -1.93. The predicted octanol–water partition coefficient (Wildman–Crippen LogP) is 4.09. The van der Waals surface area contributed by atoms with Crippen LogP contribution in [0.15, 0.2) is 21.9 Å². The summed E-state index contributed by atoms with van der Waals surface area (Å²) in [6.45, 7) is 8.98. The number of aromatic nitrogens is 2. The summed E-state index contributed by atoms with van der Waals surface area (Å²) in [5.41, 5.74) is 0. The number of carbonyl (C=O) groups is 1. The zero-order chi connectivity index (χ0) is 19.4. The fraction of sp³-hybridized carbons (Fsp3) is 0.632. The van der Waals surface area contributed by atoms with Crippen LogP contribution < -0.4 is 5.32 Å². The van der Waals surface area contributed by atoms with E-state index in [4.69, 9.17) is 9.15 Å². The van der Waals surface area contributed by atoms with Crippen molar-refractivity contribution in [1.82, 2.24) is 20.4 Å². The number of rotatable bonds is 6. The minimum absolute atomic E-state index is 0.0229. The average molecular weight is 393 g/mol. The largest absolute Gasteiger partial charge is 0.423 e. The predicted molar refractivity (Wildman–Crippen MR) is 104 cm³/mol. The molecule has 1 fully saturated rings. The molecule has 0 aliphatic carbocycles. The van der Waals surface area contributed by atoms with E-state index < -0.39 is 6.10 Å². The molecule has 3 atom stereocenters. The number of thiophene rings is 1. The molecule has 1 unspecified atom stereocenters. The zero-order valence-electron chi connectivity index (χ0n) is 16.3. The van der Waals surface area contributed by atoms with E-state index in [2.05, 4.69) is 40.8 Å². The second kappa shape index (κ2) is 8.84. The first-order chi connectivity index (χ1) is 13.0. The van der Waals surface area contributed by atoms with Gasteiger partial charge in [0.2, 0.25) is 11.8 Å². The van der Waals surface area contributed by atoms with Crippen molar-refractivity contribution in [3.05, 3.63) is 34.2 Å². The second-order valence-corrected chi connectivity index (χ2v) is 8.00. The zero-order valence-corrected chi connectivity index (χ0v) is 17.2. The highest BCUT2D eigenvalue weighted by atomic mass is 32.1. The number of carbonyl (C=O) groups excluding carboxylic acids is 1. The molecule has 1 aliphatic heterocycles. The summed E-state index contributed by atoms with van der Waals surface area (Å²) in [6.07, 6.45) is 1.54. The van der Waals surface area contributed by atoms with E-state index in [1.54, 1.807) is 23.2 Å². The molecule has 1 saturated heterocycles. The van der Waals surface area contributed by atoms with Gasteiger partial charge in [-0.05, 0) is 24.3 Å². The molecule has 0 spiro atoms. The van der Waals surface area contributed by atoms with Gasteiger partial charge in [-0.1, -0.05) is 32.8 Å². The Morgan fingerprint density at radius 3 is 2.74 bits per heavy atom. The Kier molecular flexibility index (Phi) is 6.49. The van der Waals surface area contributed by atoms with Gasteiger partial charge in [-0.15, -0.1) is 21.5 Å². The Labute approximate surface area is 164 Å². The van der Waals surface area contributed by atoms with Crippen LogP contribution in [0.3, 0.4) is 0 Å². The van der Waals surface area contributed by atoms with Gasteiger partial charge in [0, 0.05) is 18.3 Å². The molecule has 148 valence electrons. The molecule has 3 rings (SSSR count). The van der Waals surface area contributed by atoms with Crippen molar-refractivity contribution in [2.45, 2.75) is 58.8 Å². The van der Waals surface area contributed by atoms with Crippen molar-refractivity contribution in [3.8, 4) is 0 Å². The molecule has 0 aromatic carbocycles. The first-order valence-electron chi connectivity index (χ1n) is 9.56. The van der Waals surface area contributed by atoms with Gasteiger partial charge in [0.1, 0.15) is 0 Å². The summed E-state index contributed by atoms with van der Waals surface area (Å²) in [7, 11) is 0. The van der Waals surface area contributed by atoms with Crippen molar-refractivity contribution in [2.75, 3.05) is 13.1 Å². The van der Waals surface area contributed by atoms with Crippen LogP contribution in [0.25, 0.3) is 0 Å². The maximum Gasteiger partial charge on any atom is 0.318 e. The number of nitrogens with one attached hydrogen (secondary N) is 1. The van der Waals surface area contributed by atoms with Gasteiger partial charge < -0.3 is 19.4 Å².